The van der Waals surface area contributed by atoms with Gasteiger partial charge in [0.25, 0.3) is 6.43 Å². The minimum Gasteiger partial charge on any atom is -0.494 e. The third-order valence-electron chi connectivity index (χ3n) is 6.87. The summed E-state index contributed by atoms with van der Waals surface area (Å²) in [4.78, 5) is 19.9. The lowest BCUT2D eigenvalue weighted by Crippen LogP contribution is -2.38. The number of alkyl halides is 2. The number of nitrogens with zero attached hydrogens (tertiary/aromatic N) is 6. The Labute approximate surface area is 220 Å². The number of anilines is 2. The molecule has 5 rings (SSSR count). The van der Waals surface area contributed by atoms with Crippen LogP contribution < -0.4 is 19.7 Å². The standard InChI is InChI=1S/C23H30F2N8O4S/c1-36-17-4-2-3-16-18(17)28-20(19(24)25)33(16)23-30-21(29-22(31-23)32-9-11-37-12-10-32)27-15-7-5-14(6-8-15)13-26-38(34)35/h2-4,14-15,19,26H,5-13H2,1H3,(H,34,35)(H,27,29,30,31). The number of halogens is 2. The van der Waals surface area contributed by atoms with Crippen LogP contribution in [0, 0.1) is 5.92 Å². The van der Waals surface area contributed by atoms with Gasteiger partial charge in [-0.25, -0.2) is 22.7 Å². The molecule has 3 heterocycles. The summed E-state index contributed by atoms with van der Waals surface area (Å²) in [5.41, 5.74) is 0.697. The van der Waals surface area contributed by atoms with E-state index in [1.165, 1.54) is 11.7 Å². The highest BCUT2D eigenvalue weighted by Crippen LogP contribution is 2.32. The van der Waals surface area contributed by atoms with Crippen molar-refractivity contribution in [2.24, 2.45) is 5.92 Å². The maximum Gasteiger partial charge on any atom is 0.296 e. The van der Waals surface area contributed by atoms with E-state index in [0.717, 1.165) is 25.7 Å². The lowest BCUT2D eigenvalue weighted by atomic mass is 9.86. The second kappa shape index (κ2) is 11.8. The molecule has 0 radical (unpaired) electrons. The van der Waals surface area contributed by atoms with E-state index >= 15 is 0 Å². The molecular formula is C23H30F2N8O4S. The van der Waals surface area contributed by atoms with Crippen LogP contribution in [0.2, 0.25) is 0 Å². The second-order valence-electron chi connectivity index (χ2n) is 9.25. The number of aromatic nitrogens is 5. The van der Waals surface area contributed by atoms with E-state index in [1.807, 2.05) is 4.90 Å². The van der Waals surface area contributed by atoms with Crippen LogP contribution in [0.1, 0.15) is 37.9 Å². The van der Waals surface area contributed by atoms with Gasteiger partial charge < -0.3 is 19.7 Å². The van der Waals surface area contributed by atoms with Crippen molar-refractivity contribution in [3.8, 4) is 11.7 Å². The van der Waals surface area contributed by atoms with E-state index in [9.17, 15) is 13.0 Å². The van der Waals surface area contributed by atoms with E-state index in [0.29, 0.717) is 67.4 Å². The van der Waals surface area contributed by atoms with E-state index in [4.69, 9.17) is 14.0 Å². The van der Waals surface area contributed by atoms with Gasteiger partial charge in [0.2, 0.25) is 29.1 Å². The molecule has 38 heavy (non-hydrogen) atoms. The molecule has 1 saturated carbocycles. The Balaban J connectivity index is 1.49. The number of nitrogens with one attached hydrogen (secondary N) is 2. The summed E-state index contributed by atoms with van der Waals surface area (Å²) in [6.45, 7) is 2.61. The Morgan fingerprint density at radius 3 is 2.55 bits per heavy atom. The first-order valence-electron chi connectivity index (χ1n) is 12.5. The molecule has 1 aliphatic carbocycles. The minimum absolute atomic E-state index is 0.0401. The van der Waals surface area contributed by atoms with Gasteiger partial charge in [0.1, 0.15) is 11.3 Å². The monoisotopic (exact) mass is 552 g/mol. The van der Waals surface area contributed by atoms with Crippen molar-refractivity contribution < 1.29 is 27.0 Å². The Morgan fingerprint density at radius 2 is 1.87 bits per heavy atom. The van der Waals surface area contributed by atoms with Crippen LogP contribution in [0.3, 0.4) is 0 Å². The predicted octanol–water partition coefficient (Wildman–Crippen LogP) is 2.69. The van der Waals surface area contributed by atoms with Crippen LogP contribution >= 0.6 is 0 Å². The van der Waals surface area contributed by atoms with Gasteiger partial charge in [-0.15, -0.1) is 0 Å². The van der Waals surface area contributed by atoms with Gasteiger partial charge in [-0.05, 0) is 43.7 Å². The fourth-order valence-corrected chi connectivity index (χ4v) is 5.30. The summed E-state index contributed by atoms with van der Waals surface area (Å²) in [7, 11) is 1.46. The third-order valence-corrected chi connectivity index (χ3v) is 7.28. The molecular weight excluding hydrogens is 522 g/mol. The number of benzene rings is 1. The van der Waals surface area contributed by atoms with Gasteiger partial charge in [0, 0.05) is 25.7 Å². The summed E-state index contributed by atoms with van der Waals surface area (Å²) < 4.78 is 62.9. The number of fused-ring (bicyclic) bond motifs is 1. The molecule has 0 spiro atoms. The second-order valence-corrected chi connectivity index (χ2v) is 10.0. The lowest BCUT2D eigenvalue weighted by Gasteiger charge is -2.30. The number of rotatable bonds is 9. The van der Waals surface area contributed by atoms with Crippen molar-refractivity contribution in [3.63, 3.8) is 0 Å². The molecule has 1 saturated heterocycles. The Bertz CT molecular complexity index is 1280. The van der Waals surface area contributed by atoms with Crippen LogP contribution in [0.4, 0.5) is 20.7 Å². The Hall–Kier alpha value is -3.01. The quantitative estimate of drug-likeness (QED) is 0.340. The number of morpholine rings is 1. The molecule has 2 aliphatic rings. The predicted molar refractivity (Wildman–Crippen MR) is 137 cm³/mol. The molecule has 3 aromatic rings. The van der Waals surface area contributed by atoms with Crippen LogP contribution in [0.15, 0.2) is 18.2 Å². The first-order chi connectivity index (χ1) is 18.4. The van der Waals surface area contributed by atoms with Gasteiger partial charge in [0.05, 0.1) is 25.8 Å². The lowest BCUT2D eigenvalue weighted by molar-refractivity contribution is 0.122. The molecule has 2 aromatic heterocycles. The van der Waals surface area contributed by atoms with Gasteiger partial charge >= 0.3 is 0 Å². The molecule has 12 nitrogen and oxygen atoms in total. The SMILES string of the molecule is COc1cccc2c1nc(C(F)F)n2-c1nc(NC2CCC(CNS(=O)O)CC2)nc(N2CCOCC2)n1. The molecule has 1 atom stereocenters. The maximum absolute atomic E-state index is 14.2. The van der Waals surface area contributed by atoms with Crippen LogP contribution in [-0.4, -0.2) is 79.3 Å². The first-order valence-corrected chi connectivity index (χ1v) is 13.6. The molecule has 0 bridgehead atoms. The summed E-state index contributed by atoms with van der Waals surface area (Å²) >= 11 is -2.02. The summed E-state index contributed by atoms with van der Waals surface area (Å²) in [6.07, 6.45) is 0.469. The fourth-order valence-electron chi connectivity index (χ4n) is 4.92. The van der Waals surface area contributed by atoms with E-state index in [2.05, 4.69) is 30.0 Å². The fraction of sp³-hybridized carbons (Fsp3) is 0.565. The summed E-state index contributed by atoms with van der Waals surface area (Å²) in [5, 5.41) is 3.37. The molecule has 1 aliphatic heterocycles. The average Bonchev–Trinajstić information content (AvgIpc) is 3.33. The minimum atomic E-state index is -2.87. The zero-order valence-corrected chi connectivity index (χ0v) is 21.7. The number of hydrogen-bond acceptors (Lipinski definition) is 9. The van der Waals surface area contributed by atoms with Crippen molar-refractivity contribution in [1.82, 2.24) is 29.2 Å². The number of ether oxygens (including phenoxy) is 2. The van der Waals surface area contributed by atoms with Gasteiger partial charge in [-0.1, -0.05) is 6.07 Å². The highest BCUT2D eigenvalue weighted by Gasteiger charge is 2.27. The third kappa shape index (κ3) is 5.85. The molecule has 1 unspecified atom stereocenters. The summed E-state index contributed by atoms with van der Waals surface area (Å²) in [6, 6.07) is 5.11. The number of hydrogen-bond donors (Lipinski definition) is 3. The van der Waals surface area contributed by atoms with Gasteiger partial charge in [-0.2, -0.15) is 15.0 Å². The average molecular weight is 553 g/mol. The van der Waals surface area contributed by atoms with E-state index < -0.39 is 23.5 Å². The van der Waals surface area contributed by atoms with E-state index in [1.54, 1.807) is 18.2 Å². The molecule has 3 N–H and O–H groups in total. The highest BCUT2D eigenvalue weighted by atomic mass is 32.2. The normalized spacial score (nSPS) is 21.1. The highest BCUT2D eigenvalue weighted by molar-refractivity contribution is 7.77. The Morgan fingerprint density at radius 1 is 1.13 bits per heavy atom. The smallest absolute Gasteiger partial charge is 0.296 e. The largest absolute Gasteiger partial charge is 0.494 e. The Kier molecular flexibility index (Phi) is 8.26. The van der Waals surface area contributed by atoms with Crippen LogP contribution in [-0.2, 0) is 16.0 Å². The summed E-state index contributed by atoms with van der Waals surface area (Å²) in [5.74, 6) is 0.888. The van der Waals surface area contributed by atoms with Crippen molar-refractivity contribution in [2.45, 2.75) is 38.2 Å². The van der Waals surface area contributed by atoms with Gasteiger partial charge in [0.15, 0.2) is 5.82 Å². The molecule has 1 aromatic carbocycles. The van der Waals surface area contributed by atoms with E-state index in [-0.39, 0.29) is 12.0 Å². The number of imidazole rings is 1. The molecule has 15 heteroatoms. The van der Waals surface area contributed by atoms with Crippen LogP contribution in [0.5, 0.6) is 5.75 Å². The van der Waals surface area contributed by atoms with Gasteiger partial charge in [-0.3, -0.25) is 9.12 Å². The zero-order chi connectivity index (χ0) is 26.6. The zero-order valence-electron chi connectivity index (χ0n) is 20.8. The number of para-hydroxylation sites is 1. The van der Waals surface area contributed by atoms with Crippen LogP contribution in [0.25, 0.3) is 17.0 Å². The first kappa shape index (κ1) is 26.6. The van der Waals surface area contributed by atoms with Crippen molar-refractivity contribution in [2.75, 3.05) is 50.2 Å². The van der Waals surface area contributed by atoms with Crippen molar-refractivity contribution in [3.05, 3.63) is 24.0 Å². The maximum atomic E-state index is 14.2. The van der Waals surface area contributed by atoms with Crippen molar-refractivity contribution in [1.29, 1.82) is 0 Å². The van der Waals surface area contributed by atoms with Crippen molar-refractivity contribution >= 4 is 34.2 Å². The molecule has 206 valence electrons. The topological polar surface area (TPSA) is 140 Å². The molecule has 2 fully saturated rings. The number of methoxy groups -OCH3 is 1. The molecule has 0 amide bonds.